The Balaban J connectivity index is 1.86. The van der Waals surface area contributed by atoms with Crippen molar-refractivity contribution >= 4 is 52.3 Å². The first-order valence-corrected chi connectivity index (χ1v) is 13.5. The van der Waals surface area contributed by atoms with Gasteiger partial charge < -0.3 is 14.6 Å². The summed E-state index contributed by atoms with van der Waals surface area (Å²) in [6, 6.07) is 18.5. The molecule has 0 bridgehead atoms. The number of carbonyl (C=O) groups is 1. The summed E-state index contributed by atoms with van der Waals surface area (Å²) in [5, 5.41) is 10.9. The summed E-state index contributed by atoms with van der Waals surface area (Å²) in [7, 11) is 1.55. The van der Waals surface area contributed by atoms with Gasteiger partial charge in [-0.05, 0) is 42.8 Å². The Morgan fingerprint density at radius 1 is 1.13 bits per heavy atom. The molecule has 0 saturated heterocycles. The highest BCUT2D eigenvalue weighted by Crippen LogP contribution is 2.36. The summed E-state index contributed by atoms with van der Waals surface area (Å²) in [5.74, 6) is -0.218. The lowest BCUT2D eigenvalue weighted by Gasteiger charge is -2.26. The lowest BCUT2D eigenvalue weighted by atomic mass is 9.93. The summed E-state index contributed by atoms with van der Waals surface area (Å²) < 4.78 is 12.6. The number of methoxy groups -OCH3 is 1. The van der Waals surface area contributed by atoms with Crippen LogP contribution in [0.3, 0.4) is 0 Å². The second-order valence-corrected chi connectivity index (χ2v) is 10.4. The second-order valence-electron chi connectivity index (χ2n) is 8.53. The highest BCUT2D eigenvalue weighted by molar-refractivity contribution is 7.07. The standard InChI is InChI=1S/C29H22Cl2N2O5S/c1-3-38-28(36)23-24(16-8-5-4-6-9-16)32-29-33(25(23)17-10-7-11-20(13-17)37-2)27(35)22(39-29)14-18-12-19(30)15-21(31)26(18)34/h4-15,25,34H,3H2,1-2H3/b22-14-/t25-/m0/s1. The Kier molecular flexibility index (Phi) is 7.61. The predicted octanol–water partition coefficient (Wildman–Crippen LogP) is 4.96. The van der Waals surface area contributed by atoms with Gasteiger partial charge in [-0.25, -0.2) is 9.79 Å². The SMILES string of the molecule is CCOC(=O)C1=C(c2ccccc2)N=c2s/c(=C\c3cc(Cl)cc(Cl)c3O)c(=O)n2[C@H]1c1cccc(OC)c1. The van der Waals surface area contributed by atoms with Gasteiger partial charge in [0.05, 0.1) is 40.6 Å². The first-order valence-electron chi connectivity index (χ1n) is 11.9. The zero-order valence-electron chi connectivity index (χ0n) is 20.9. The quantitative estimate of drug-likeness (QED) is 0.326. The summed E-state index contributed by atoms with van der Waals surface area (Å²) in [4.78, 5) is 32.6. The number of esters is 1. The molecule has 198 valence electrons. The maximum atomic E-state index is 13.9. The number of phenols is 1. The minimum Gasteiger partial charge on any atom is -0.506 e. The van der Waals surface area contributed by atoms with Crippen molar-refractivity contribution in [1.82, 2.24) is 4.57 Å². The molecule has 0 fully saturated rings. The highest BCUT2D eigenvalue weighted by atomic mass is 35.5. The number of hydrogen-bond acceptors (Lipinski definition) is 7. The van der Waals surface area contributed by atoms with Crippen LogP contribution in [-0.2, 0) is 9.53 Å². The number of ether oxygens (including phenoxy) is 2. The molecule has 1 aromatic heterocycles. The fraction of sp³-hybridized carbons (Fsp3) is 0.138. The zero-order chi connectivity index (χ0) is 27.7. The Labute approximate surface area is 237 Å². The molecule has 1 aliphatic heterocycles. The molecule has 0 saturated carbocycles. The lowest BCUT2D eigenvalue weighted by Crippen LogP contribution is -2.40. The Bertz CT molecular complexity index is 1790. The zero-order valence-corrected chi connectivity index (χ0v) is 23.2. The minimum absolute atomic E-state index is 0.0618. The average Bonchev–Trinajstić information content (AvgIpc) is 3.25. The molecular weight excluding hydrogens is 559 g/mol. The van der Waals surface area contributed by atoms with Gasteiger partial charge in [-0.1, -0.05) is 77.0 Å². The molecule has 39 heavy (non-hydrogen) atoms. The molecule has 0 spiro atoms. The van der Waals surface area contributed by atoms with Gasteiger partial charge >= 0.3 is 5.97 Å². The van der Waals surface area contributed by atoms with Crippen LogP contribution in [0.5, 0.6) is 11.5 Å². The van der Waals surface area contributed by atoms with E-state index in [1.54, 1.807) is 32.2 Å². The molecule has 1 atom stereocenters. The van der Waals surface area contributed by atoms with Crippen molar-refractivity contribution in [3.8, 4) is 11.5 Å². The molecular formula is C29H22Cl2N2O5S. The van der Waals surface area contributed by atoms with Crippen molar-refractivity contribution in [2.45, 2.75) is 13.0 Å². The number of hydrogen-bond donors (Lipinski definition) is 1. The monoisotopic (exact) mass is 580 g/mol. The molecule has 0 amide bonds. The van der Waals surface area contributed by atoms with Crippen LogP contribution in [0.2, 0.25) is 10.0 Å². The van der Waals surface area contributed by atoms with Crippen molar-refractivity contribution < 1.29 is 19.4 Å². The van der Waals surface area contributed by atoms with Gasteiger partial charge in [0, 0.05) is 16.1 Å². The molecule has 0 aliphatic carbocycles. The Morgan fingerprint density at radius 2 is 1.90 bits per heavy atom. The van der Waals surface area contributed by atoms with Crippen molar-refractivity contribution in [2.24, 2.45) is 4.99 Å². The number of aromatic hydroxyl groups is 1. The molecule has 0 radical (unpaired) electrons. The van der Waals surface area contributed by atoms with Gasteiger partial charge in [0.1, 0.15) is 11.5 Å². The van der Waals surface area contributed by atoms with Gasteiger partial charge in [-0.15, -0.1) is 0 Å². The number of halogens is 2. The summed E-state index contributed by atoms with van der Waals surface area (Å²) in [6.07, 6.45) is 1.51. The molecule has 2 heterocycles. The number of benzene rings is 3. The first-order chi connectivity index (χ1) is 18.8. The van der Waals surface area contributed by atoms with Crippen LogP contribution >= 0.6 is 34.5 Å². The summed E-state index contributed by atoms with van der Waals surface area (Å²) in [5.41, 5.74) is 1.85. The number of aromatic nitrogens is 1. The topological polar surface area (TPSA) is 90.1 Å². The third-order valence-corrected chi connectivity index (χ3v) is 7.62. The van der Waals surface area contributed by atoms with Gasteiger partial charge in [0.2, 0.25) is 0 Å². The molecule has 1 N–H and O–H groups in total. The smallest absolute Gasteiger partial charge is 0.338 e. The van der Waals surface area contributed by atoms with E-state index in [1.807, 2.05) is 36.4 Å². The number of rotatable bonds is 6. The number of phenolic OH excluding ortho intramolecular Hbond substituents is 1. The van der Waals surface area contributed by atoms with Crippen LogP contribution < -0.4 is 19.6 Å². The summed E-state index contributed by atoms with van der Waals surface area (Å²) in [6.45, 7) is 1.87. The van der Waals surface area contributed by atoms with Crippen LogP contribution in [0, 0.1) is 0 Å². The van der Waals surface area contributed by atoms with Crippen molar-refractivity contribution in [1.29, 1.82) is 0 Å². The van der Waals surface area contributed by atoms with Crippen molar-refractivity contribution in [3.63, 3.8) is 0 Å². The lowest BCUT2D eigenvalue weighted by molar-refractivity contribution is -0.138. The molecule has 1 aliphatic rings. The van der Waals surface area contributed by atoms with Crippen LogP contribution in [0.15, 0.2) is 82.1 Å². The Morgan fingerprint density at radius 3 is 2.62 bits per heavy atom. The third kappa shape index (κ3) is 5.11. The van der Waals surface area contributed by atoms with Gasteiger partial charge in [0.25, 0.3) is 5.56 Å². The van der Waals surface area contributed by atoms with E-state index >= 15 is 0 Å². The third-order valence-electron chi connectivity index (χ3n) is 6.13. The van der Waals surface area contributed by atoms with E-state index in [2.05, 4.69) is 0 Å². The molecule has 5 rings (SSSR count). The maximum Gasteiger partial charge on any atom is 0.338 e. The molecule has 3 aromatic carbocycles. The van der Waals surface area contributed by atoms with E-state index in [9.17, 15) is 14.7 Å². The average molecular weight is 581 g/mol. The fourth-order valence-corrected chi connectivity index (χ4v) is 5.91. The van der Waals surface area contributed by atoms with Crippen LogP contribution in [0.1, 0.15) is 29.7 Å². The summed E-state index contributed by atoms with van der Waals surface area (Å²) >= 11 is 13.4. The van der Waals surface area contributed by atoms with E-state index in [0.717, 1.165) is 11.3 Å². The Hall–Kier alpha value is -3.85. The molecule has 10 heteroatoms. The molecule has 0 unspecified atom stereocenters. The van der Waals surface area contributed by atoms with E-state index in [-0.39, 0.29) is 33.0 Å². The number of carbonyl (C=O) groups excluding carboxylic acids is 1. The molecule has 7 nitrogen and oxygen atoms in total. The van der Waals surface area contributed by atoms with Crippen LogP contribution in [0.4, 0.5) is 0 Å². The minimum atomic E-state index is -0.857. The first kappa shape index (κ1) is 26.7. The van der Waals surface area contributed by atoms with Crippen LogP contribution in [0.25, 0.3) is 11.8 Å². The van der Waals surface area contributed by atoms with E-state index in [1.165, 1.54) is 22.8 Å². The van der Waals surface area contributed by atoms with Crippen LogP contribution in [-0.4, -0.2) is 29.4 Å². The predicted molar refractivity (Wildman–Crippen MR) is 152 cm³/mol. The van der Waals surface area contributed by atoms with Gasteiger partial charge in [0.15, 0.2) is 4.80 Å². The van der Waals surface area contributed by atoms with E-state index in [4.69, 9.17) is 37.7 Å². The largest absolute Gasteiger partial charge is 0.506 e. The van der Waals surface area contributed by atoms with Crippen molar-refractivity contribution in [2.75, 3.05) is 13.7 Å². The second kappa shape index (κ2) is 11.1. The maximum absolute atomic E-state index is 13.9. The van der Waals surface area contributed by atoms with Crippen molar-refractivity contribution in [3.05, 3.63) is 119 Å². The van der Waals surface area contributed by atoms with E-state index < -0.39 is 17.6 Å². The highest BCUT2D eigenvalue weighted by Gasteiger charge is 2.35. The number of nitrogens with zero attached hydrogens (tertiary/aromatic N) is 2. The van der Waals surface area contributed by atoms with Gasteiger partial charge in [-0.2, -0.15) is 0 Å². The molecule has 4 aromatic rings. The van der Waals surface area contributed by atoms with E-state index in [0.29, 0.717) is 32.4 Å². The normalized spacial score (nSPS) is 15.1. The fourth-order valence-electron chi connectivity index (χ4n) is 4.40. The number of thiazole rings is 1. The van der Waals surface area contributed by atoms with Gasteiger partial charge in [-0.3, -0.25) is 9.36 Å². The number of fused-ring (bicyclic) bond motifs is 1.